The maximum atomic E-state index is 13.0. The van der Waals surface area contributed by atoms with Crippen molar-refractivity contribution in [2.45, 2.75) is 19.0 Å². The zero-order chi connectivity index (χ0) is 19.0. The van der Waals surface area contributed by atoms with Crippen molar-refractivity contribution < 1.29 is 18.0 Å². The summed E-state index contributed by atoms with van der Waals surface area (Å²) in [5.41, 5.74) is 0.731. The van der Waals surface area contributed by atoms with E-state index < -0.39 is 12.0 Å². The molecule has 0 amide bonds. The molecule has 1 aromatic carbocycles. The van der Waals surface area contributed by atoms with Crippen LogP contribution in [-0.2, 0) is 6.18 Å². The lowest BCUT2D eigenvalue weighted by molar-refractivity contribution is -0.146. The van der Waals surface area contributed by atoms with Gasteiger partial charge >= 0.3 is 6.18 Å². The molecule has 1 fully saturated rings. The van der Waals surface area contributed by atoms with Crippen molar-refractivity contribution in [1.82, 2.24) is 19.8 Å². The Kier molecular flexibility index (Phi) is 4.29. The second-order valence-electron chi connectivity index (χ2n) is 6.47. The van der Waals surface area contributed by atoms with Crippen LogP contribution in [0.1, 0.15) is 29.0 Å². The maximum absolute atomic E-state index is 13.0. The summed E-state index contributed by atoms with van der Waals surface area (Å²) >= 11 is 0. The first-order valence-electron chi connectivity index (χ1n) is 8.57. The van der Waals surface area contributed by atoms with Crippen LogP contribution in [0, 0.1) is 5.92 Å². The van der Waals surface area contributed by atoms with Gasteiger partial charge in [-0.15, -0.1) is 15.3 Å². The molecule has 0 aliphatic carbocycles. The predicted octanol–water partition coefficient (Wildman–Crippen LogP) is 3.24. The van der Waals surface area contributed by atoms with Crippen molar-refractivity contribution in [1.29, 1.82) is 0 Å². The zero-order valence-corrected chi connectivity index (χ0v) is 14.2. The Bertz CT molecular complexity index is 962. The number of halogens is 3. The average Bonchev–Trinajstić information content (AvgIpc) is 3.12. The van der Waals surface area contributed by atoms with E-state index in [9.17, 15) is 18.0 Å². The molecule has 4 rings (SSSR count). The summed E-state index contributed by atoms with van der Waals surface area (Å²) in [4.78, 5) is 14.4. The molecule has 0 radical (unpaired) electrons. The molecule has 3 aromatic rings. The number of alkyl halides is 3. The SMILES string of the molecule is O=C(c1ccccc1)C1CCN(c2ccc3nnc(C(F)(F)F)n3n2)CC1. The number of ketones is 1. The van der Waals surface area contributed by atoms with Crippen LogP contribution >= 0.6 is 0 Å². The number of rotatable bonds is 3. The van der Waals surface area contributed by atoms with Gasteiger partial charge in [-0.25, -0.2) is 0 Å². The van der Waals surface area contributed by atoms with Crippen LogP contribution in [0.3, 0.4) is 0 Å². The van der Waals surface area contributed by atoms with Gasteiger partial charge in [0, 0.05) is 24.6 Å². The van der Waals surface area contributed by atoms with Crippen LogP contribution in [0.25, 0.3) is 5.65 Å². The number of benzene rings is 1. The van der Waals surface area contributed by atoms with Gasteiger partial charge in [0.15, 0.2) is 11.4 Å². The molecule has 9 heteroatoms. The van der Waals surface area contributed by atoms with E-state index in [2.05, 4.69) is 15.3 Å². The molecule has 140 valence electrons. The Hall–Kier alpha value is -2.97. The first-order valence-corrected chi connectivity index (χ1v) is 8.57. The van der Waals surface area contributed by atoms with Crippen molar-refractivity contribution in [3.63, 3.8) is 0 Å². The Morgan fingerprint density at radius 1 is 1.00 bits per heavy atom. The van der Waals surface area contributed by atoms with Gasteiger partial charge in [-0.2, -0.15) is 17.7 Å². The van der Waals surface area contributed by atoms with E-state index in [0.717, 1.165) is 4.52 Å². The third-order valence-electron chi connectivity index (χ3n) is 4.75. The van der Waals surface area contributed by atoms with Gasteiger partial charge in [0.1, 0.15) is 5.82 Å². The molecule has 0 spiro atoms. The molecule has 0 saturated carbocycles. The van der Waals surface area contributed by atoms with Gasteiger partial charge < -0.3 is 4.90 Å². The van der Waals surface area contributed by atoms with Crippen molar-refractivity contribution in [3.8, 4) is 0 Å². The van der Waals surface area contributed by atoms with Gasteiger partial charge in [0.05, 0.1) is 0 Å². The Balaban J connectivity index is 1.50. The van der Waals surface area contributed by atoms with E-state index in [1.807, 2.05) is 23.1 Å². The van der Waals surface area contributed by atoms with Crippen molar-refractivity contribution in [2.24, 2.45) is 5.92 Å². The number of fused-ring (bicyclic) bond motifs is 1. The third kappa shape index (κ3) is 3.36. The topological polar surface area (TPSA) is 63.4 Å². The van der Waals surface area contributed by atoms with Crippen LogP contribution in [0.15, 0.2) is 42.5 Å². The van der Waals surface area contributed by atoms with E-state index >= 15 is 0 Å². The van der Waals surface area contributed by atoms with E-state index in [1.165, 1.54) is 6.07 Å². The number of hydrogen-bond donors (Lipinski definition) is 0. The van der Waals surface area contributed by atoms with Gasteiger partial charge in [-0.3, -0.25) is 4.79 Å². The Morgan fingerprint density at radius 2 is 1.70 bits per heavy atom. The van der Waals surface area contributed by atoms with Crippen molar-refractivity contribution in [2.75, 3.05) is 18.0 Å². The number of anilines is 1. The first kappa shape index (κ1) is 17.4. The van der Waals surface area contributed by atoms with Crippen LogP contribution in [0.4, 0.5) is 19.0 Å². The van der Waals surface area contributed by atoms with Crippen LogP contribution < -0.4 is 4.90 Å². The number of aromatic nitrogens is 4. The fourth-order valence-electron chi connectivity index (χ4n) is 3.33. The molecule has 0 unspecified atom stereocenters. The lowest BCUT2D eigenvalue weighted by Crippen LogP contribution is -2.37. The first-order chi connectivity index (χ1) is 12.9. The standard InChI is InChI=1S/C18H16F3N5O/c19-18(20,21)17-23-22-14-6-7-15(24-26(14)17)25-10-8-13(9-11-25)16(27)12-4-2-1-3-5-12/h1-7,13H,8-11H2. The van der Waals surface area contributed by atoms with Gasteiger partial charge in [-0.1, -0.05) is 30.3 Å². The summed E-state index contributed by atoms with van der Waals surface area (Å²) in [7, 11) is 0. The third-order valence-corrected chi connectivity index (χ3v) is 4.75. The number of nitrogens with zero attached hydrogens (tertiary/aromatic N) is 5. The number of hydrogen-bond acceptors (Lipinski definition) is 5. The molecular weight excluding hydrogens is 359 g/mol. The molecular formula is C18H16F3N5O. The molecule has 27 heavy (non-hydrogen) atoms. The highest BCUT2D eigenvalue weighted by atomic mass is 19.4. The number of carbonyl (C=O) groups excluding carboxylic acids is 1. The summed E-state index contributed by atoms with van der Waals surface area (Å²) in [5.74, 6) is -0.711. The average molecular weight is 375 g/mol. The molecule has 0 bridgehead atoms. The lowest BCUT2D eigenvalue weighted by atomic mass is 9.89. The van der Waals surface area contributed by atoms with Crippen molar-refractivity contribution in [3.05, 3.63) is 53.9 Å². The quantitative estimate of drug-likeness (QED) is 0.658. The largest absolute Gasteiger partial charge is 0.453 e. The van der Waals surface area contributed by atoms with Gasteiger partial charge in [0.2, 0.25) is 0 Å². The molecule has 1 aliphatic rings. The van der Waals surface area contributed by atoms with Crippen LogP contribution in [0.2, 0.25) is 0 Å². The molecule has 0 N–H and O–H groups in total. The molecule has 6 nitrogen and oxygen atoms in total. The van der Waals surface area contributed by atoms with Gasteiger partial charge in [0.25, 0.3) is 5.82 Å². The summed E-state index contributed by atoms with van der Waals surface area (Å²) in [6, 6.07) is 12.2. The Labute approximate surface area is 152 Å². The minimum atomic E-state index is -4.62. The highest BCUT2D eigenvalue weighted by molar-refractivity contribution is 5.97. The zero-order valence-electron chi connectivity index (χ0n) is 14.2. The minimum absolute atomic E-state index is 0.0419. The van der Waals surface area contributed by atoms with Gasteiger partial charge in [-0.05, 0) is 25.0 Å². The number of carbonyl (C=O) groups is 1. The van der Waals surface area contributed by atoms with E-state index in [0.29, 0.717) is 37.3 Å². The molecule has 3 heterocycles. The highest BCUT2D eigenvalue weighted by Crippen LogP contribution is 2.29. The smallest absolute Gasteiger partial charge is 0.355 e. The molecule has 1 aliphatic heterocycles. The van der Waals surface area contributed by atoms with E-state index in [1.54, 1.807) is 18.2 Å². The number of piperidine rings is 1. The van der Waals surface area contributed by atoms with Crippen LogP contribution in [-0.4, -0.2) is 38.7 Å². The maximum Gasteiger partial charge on any atom is 0.453 e. The molecule has 0 atom stereocenters. The molecule has 1 saturated heterocycles. The van der Waals surface area contributed by atoms with E-state index in [4.69, 9.17) is 0 Å². The summed E-state index contributed by atoms with van der Waals surface area (Å²) in [6.07, 6.45) is -3.37. The van der Waals surface area contributed by atoms with Crippen LogP contribution in [0.5, 0.6) is 0 Å². The van der Waals surface area contributed by atoms with E-state index in [-0.39, 0.29) is 17.3 Å². The fraction of sp³-hybridized carbons (Fsp3) is 0.333. The lowest BCUT2D eigenvalue weighted by Gasteiger charge is -2.32. The molecule has 2 aromatic heterocycles. The Morgan fingerprint density at radius 3 is 2.37 bits per heavy atom. The minimum Gasteiger partial charge on any atom is -0.355 e. The fourth-order valence-corrected chi connectivity index (χ4v) is 3.33. The monoisotopic (exact) mass is 375 g/mol. The van der Waals surface area contributed by atoms with Crippen molar-refractivity contribution >= 4 is 17.2 Å². The number of Topliss-reactive ketones (excluding diaryl/α,β-unsaturated/α-hetero) is 1. The summed E-state index contributed by atoms with van der Waals surface area (Å²) in [5, 5.41) is 10.8. The second kappa shape index (κ2) is 6.64. The second-order valence-corrected chi connectivity index (χ2v) is 6.47. The predicted molar refractivity (Wildman–Crippen MR) is 91.5 cm³/mol. The normalized spacial score (nSPS) is 16.0. The highest BCUT2D eigenvalue weighted by Gasteiger charge is 2.38. The summed E-state index contributed by atoms with van der Waals surface area (Å²) in [6.45, 7) is 1.09. The summed E-state index contributed by atoms with van der Waals surface area (Å²) < 4.78 is 39.8.